The van der Waals surface area contributed by atoms with Crippen LogP contribution in [0.3, 0.4) is 0 Å². The average Bonchev–Trinajstić information content (AvgIpc) is 3.50. The van der Waals surface area contributed by atoms with Crippen LogP contribution in [0.15, 0.2) is 55.4 Å². The third kappa shape index (κ3) is 5.63. The summed E-state index contributed by atoms with van der Waals surface area (Å²) >= 11 is 0. The van der Waals surface area contributed by atoms with Crippen molar-refractivity contribution in [2.24, 2.45) is 5.92 Å². The van der Waals surface area contributed by atoms with Gasteiger partial charge in [0.1, 0.15) is 5.82 Å². The zero-order valence-electron chi connectivity index (χ0n) is 18.1. The minimum absolute atomic E-state index is 0.723. The topological polar surface area (TPSA) is 41.9 Å². The molecule has 0 bridgehead atoms. The molecule has 1 aliphatic carbocycles. The van der Waals surface area contributed by atoms with Crippen molar-refractivity contribution in [3.05, 3.63) is 77.8 Å². The van der Waals surface area contributed by atoms with E-state index in [1.54, 1.807) is 0 Å². The number of nitrogens with zero attached hydrogens (tertiary/aromatic N) is 2. The van der Waals surface area contributed by atoms with Crippen molar-refractivity contribution in [2.45, 2.75) is 46.5 Å². The molecule has 0 atom stereocenters. The maximum absolute atomic E-state index is 4.57. The molecule has 2 N–H and O–H groups in total. The van der Waals surface area contributed by atoms with E-state index in [9.17, 15) is 0 Å². The molecule has 1 aliphatic rings. The first-order valence-corrected chi connectivity index (χ1v) is 10.6. The van der Waals surface area contributed by atoms with Gasteiger partial charge in [-0.25, -0.2) is 4.68 Å². The molecule has 1 aromatic heterocycles. The zero-order chi connectivity index (χ0) is 20.8. The molecular formula is C25H34N4. The van der Waals surface area contributed by atoms with Gasteiger partial charge in [0.25, 0.3) is 0 Å². The lowest BCUT2D eigenvalue weighted by atomic mass is 10.0. The largest absolute Gasteiger partial charge is 0.389 e. The van der Waals surface area contributed by atoms with Gasteiger partial charge in [0.05, 0.1) is 6.20 Å². The maximum Gasteiger partial charge on any atom is 0.128 e. The van der Waals surface area contributed by atoms with E-state index < -0.39 is 0 Å². The summed E-state index contributed by atoms with van der Waals surface area (Å²) in [4.78, 5) is 0. The van der Waals surface area contributed by atoms with Gasteiger partial charge >= 0.3 is 0 Å². The van der Waals surface area contributed by atoms with E-state index in [-0.39, 0.29) is 0 Å². The predicted molar refractivity (Wildman–Crippen MR) is 123 cm³/mol. The molecular weight excluding hydrogens is 356 g/mol. The molecule has 3 rings (SSSR count). The molecule has 154 valence electrons. The van der Waals surface area contributed by atoms with Gasteiger partial charge < -0.3 is 10.6 Å². The fourth-order valence-electron chi connectivity index (χ4n) is 3.39. The summed E-state index contributed by atoms with van der Waals surface area (Å²) in [7, 11) is 0. The quantitative estimate of drug-likeness (QED) is 0.409. The van der Waals surface area contributed by atoms with Crippen molar-refractivity contribution in [3.63, 3.8) is 0 Å². The van der Waals surface area contributed by atoms with E-state index >= 15 is 0 Å². The fraction of sp³-hybridized carbons (Fsp3) is 0.400. The van der Waals surface area contributed by atoms with Gasteiger partial charge in [-0.3, -0.25) is 0 Å². The minimum Gasteiger partial charge on any atom is -0.389 e. The summed E-state index contributed by atoms with van der Waals surface area (Å²) in [5.74, 6) is 1.69. The van der Waals surface area contributed by atoms with Crippen LogP contribution in [0.25, 0.3) is 11.4 Å². The molecule has 1 aromatic carbocycles. The molecule has 2 aromatic rings. The summed E-state index contributed by atoms with van der Waals surface area (Å²) in [5.41, 5.74) is 6.92. The van der Waals surface area contributed by atoms with Crippen molar-refractivity contribution in [2.75, 3.05) is 13.1 Å². The summed E-state index contributed by atoms with van der Waals surface area (Å²) in [6, 6.07) is 8.35. The van der Waals surface area contributed by atoms with Gasteiger partial charge in [-0.05, 0) is 80.7 Å². The maximum atomic E-state index is 4.57. The lowest BCUT2D eigenvalue weighted by molar-refractivity contribution is 0.633. The third-order valence-corrected chi connectivity index (χ3v) is 5.62. The van der Waals surface area contributed by atoms with Crippen molar-refractivity contribution in [1.29, 1.82) is 0 Å². The summed E-state index contributed by atoms with van der Waals surface area (Å²) in [5, 5.41) is 11.6. The van der Waals surface area contributed by atoms with Crippen LogP contribution in [0.2, 0.25) is 0 Å². The molecule has 0 aliphatic heterocycles. The van der Waals surface area contributed by atoms with Crippen molar-refractivity contribution < 1.29 is 0 Å². The number of benzene rings is 1. The van der Waals surface area contributed by atoms with Crippen LogP contribution in [0.4, 0.5) is 0 Å². The van der Waals surface area contributed by atoms with Crippen LogP contribution in [-0.4, -0.2) is 22.9 Å². The Morgan fingerprint density at radius 1 is 1.07 bits per heavy atom. The number of hydrogen-bond acceptors (Lipinski definition) is 3. The molecule has 0 unspecified atom stereocenters. The van der Waals surface area contributed by atoms with Gasteiger partial charge in [0.2, 0.25) is 0 Å². The Morgan fingerprint density at radius 2 is 1.76 bits per heavy atom. The van der Waals surface area contributed by atoms with Gasteiger partial charge in [0.15, 0.2) is 0 Å². The second-order valence-electron chi connectivity index (χ2n) is 8.05. The third-order valence-electron chi connectivity index (χ3n) is 5.62. The Hall–Kier alpha value is -2.75. The number of hydrogen-bond donors (Lipinski definition) is 2. The second-order valence-corrected chi connectivity index (χ2v) is 8.05. The fourth-order valence-corrected chi connectivity index (χ4v) is 3.39. The molecule has 29 heavy (non-hydrogen) atoms. The number of nitrogens with one attached hydrogen (secondary N) is 2. The van der Waals surface area contributed by atoms with Crippen LogP contribution in [0, 0.1) is 26.7 Å². The van der Waals surface area contributed by atoms with E-state index in [2.05, 4.69) is 80.0 Å². The molecule has 1 fully saturated rings. The Balaban J connectivity index is 1.62. The lowest BCUT2D eigenvalue weighted by Crippen LogP contribution is -2.22. The highest BCUT2D eigenvalue weighted by atomic mass is 15.3. The van der Waals surface area contributed by atoms with E-state index in [1.165, 1.54) is 29.7 Å². The Morgan fingerprint density at radius 3 is 2.38 bits per heavy atom. The smallest absolute Gasteiger partial charge is 0.128 e. The van der Waals surface area contributed by atoms with Gasteiger partial charge in [-0.1, -0.05) is 37.4 Å². The first-order valence-electron chi connectivity index (χ1n) is 10.6. The van der Waals surface area contributed by atoms with Crippen molar-refractivity contribution >= 4 is 11.4 Å². The highest BCUT2D eigenvalue weighted by Gasteiger charge is 2.23. The van der Waals surface area contributed by atoms with Gasteiger partial charge in [-0.2, -0.15) is 5.10 Å². The van der Waals surface area contributed by atoms with Crippen molar-refractivity contribution in [1.82, 2.24) is 20.4 Å². The molecule has 0 radical (unpaired) electrons. The molecule has 4 heteroatoms. The van der Waals surface area contributed by atoms with E-state index in [0.29, 0.717) is 0 Å². The molecule has 0 saturated heterocycles. The Labute approximate surface area is 175 Å². The predicted octanol–water partition coefficient (Wildman–Crippen LogP) is 5.20. The molecule has 0 spiro atoms. The average molecular weight is 391 g/mol. The molecule has 0 amide bonds. The number of aromatic nitrogens is 2. The highest BCUT2D eigenvalue weighted by molar-refractivity contribution is 5.79. The highest BCUT2D eigenvalue weighted by Crippen LogP contribution is 2.33. The summed E-state index contributed by atoms with van der Waals surface area (Å²) in [6.07, 6.45) is 8.81. The van der Waals surface area contributed by atoms with Crippen LogP contribution in [-0.2, 0) is 0 Å². The summed E-state index contributed by atoms with van der Waals surface area (Å²) < 4.78 is 1.98. The van der Waals surface area contributed by atoms with E-state index in [1.807, 2.05) is 10.9 Å². The van der Waals surface area contributed by atoms with Crippen LogP contribution >= 0.6 is 0 Å². The monoisotopic (exact) mass is 390 g/mol. The first kappa shape index (κ1) is 21.0. The number of allylic oxidation sites excluding steroid dienone is 3. The zero-order valence-corrected chi connectivity index (χ0v) is 18.1. The SMILES string of the molecule is C=C(/C=C(/NCCCCNC(=C)C1CC1)n1ncc(C)c1C)c1ccccc1C. The number of aryl methyl sites for hydroxylation is 2. The molecule has 1 heterocycles. The van der Waals surface area contributed by atoms with Crippen LogP contribution in [0.1, 0.15) is 48.1 Å². The Bertz CT molecular complexity index is 899. The second kappa shape index (κ2) is 9.64. The molecule has 1 saturated carbocycles. The van der Waals surface area contributed by atoms with Gasteiger partial charge in [0, 0.05) is 24.5 Å². The first-order chi connectivity index (χ1) is 14.0. The number of unbranched alkanes of at least 4 members (excludes halogenated alkanes) is 1. The van der Waals surface area contributed by atoms with E-state index in [4.69, 9.17) is 0 Å². The standard InChI is InChI=1S/C25H34N4/c1-18-10-6-7-11-24(18)19(2)16-25(29-22(5)20(3)17-28-29)27-15-9-8-14-26-21(4)23-12-13-23/h6-7,10-11,16-17,23,26-27H,2,4,8-9,12-15H2,1,3,5H3/b25-16-. The lowest BCUT2D eigenvalue weighted by Gasteiger charge is -2.15. The van der Waals surface area contributed by atoms with Crippen LogP contribution < -0.4 is 10.6 Å². The normalized spacial score (nSPS) is 14.0. The minimum atomic E-state index is 0.723. The van der Waals surface area contributed by atoms with Crippen LogP contribution in [0.5, 0.6) is 0 Å². The van der Waals surface area contributed by atoms with E-state index in [0.717, 1.165) is 54.5 Å². The number of rotatable bonds is 11. The van der Waals surface area contributed by atoms with Gasteiger partial charge in [-0.15, -0.1) is 0 Å². The molecule has 4 nitrogen and oxygen atoms in total. The van der Waals surface area contributed by atoms with Crippen molar-refractivity contribution in [3.8, 4) is 0 Å². The Kier molecular flexibility index (Phi) is 6.97. The summed E-state index contributed by atoms with van der Waals surface area (Å²) in [6.45, 7) is 16.6.